The molecule has 0 unspecified atom stereocenters. The van der Waals surface area contributed by atoms with Crippen molar-refractivity contribution in [2.45, 2.75) is 13.3 Å². The van der Waals surface area contributed by atoms with Crippen molar-refractivity contribution >= 4 is 5.69 Å². The molecule has 0 fully saturated rings. The van der Waals surface area contributed by atoms with Gasteiger partial charge in [-0.3, -0.25) is 4.68 Å². The van der Waals surface area contributed by atoms with Gasteiger partial charge in [0, 0.05) is 19.8 Å². The van der Waals surface area contributed by atoms with Gasteiger partial charge in [0.25, 0.3) is 0 Å². The maximum Gasteiger partial charge on any atom is 0.107 e. The van der Waals surface area contributed by atoms with E-state index < -0.39 is 0 Å². The first-order chi connectivity index (χ1) is 5.77. The van der Waals surface area contributed by atoms with Crippen LogP contribution in [-0.2, 0) is 13.5 Å². The van der Waals surface area contributed by atoms with Gasteiger partial charge < -0.3 is 5.32 Å². The Morgan fingerprint density at radius 2 is 2.42 bits per heavy atom. The zero-order chi connectivity index (χ0) is 8.97. The molecule has 1 aromatic rings. The number of aromatic nitrogens is 2. The summed E-state index contributed by atoms with van der Waals surface area (Å²) in [5.41, 5.74) is 1.93. The van der Waals surface area contributed by atoms with Gasteiger partial charge in [-0.15, -0.1) is 0 Å². The first-order valence-corrected chi connectivity index (χ1v) is 4.10. The molecule has 1 aromatic heterocycles. The van der Waals surface area contributed by atoms with Gasteiger partial charge in [0.15, 0.2) is 0 Å². The highest BCUT2D eigenvalue weighted by atomic mass is 19.1. The second kappa shape index (κ2) is 4.09. The number of aryl methyl sites for hydroxylation is 2. The van der Waals surface area contributed by atoms with E-state index in [-0.39, 0.29) is 6.67 Å². The predicted molar refractivity (Wildman–Crippen MR) is 47.1 cm³/mol. The maximum absolute atomic E-state index is 11.8. The Morgan fingerprint density at radius 3 is 3.00 bits per heavy atom. The molecule has 0 atom stereocenters. The van der Waals surface area contributed by atoms with Crippen molar-refractivity contribution in [3.8, 4) is 0 Å². The van der Waals surface area contributed by atoms with E-state index in [1.807, 2.05) is 20.2 Å². The smallest absolute Gasteiger partial charge is 0.107 e. The lowest BCUT2D eigenvalue weighted by Gasteiger charge is -2.00. The first kappa shape index (κ1) is 9.03. The third-order valence-electron chi connectivity index (χ3n) is 1.65. The summed E-state index contributed by atoms with van der Waals surface area (Å²) in [6.07, 6.45) is 2.74. The summed E-state index contributed by atoms with van der Waals surface area (Å²) in [5, 5.41) is 7.19. The van der Waals surface area contributed by atoms with E-state index in [4.69, 9.17) is 0 Å². The van der Waals surface area contributed by atoms with Gasteiger partial charge in [-0.05, 0) is 6.42 Å². The molecule has 0 aliphatic rings. The van der Waals surface area contributed by atoms with E-state index in [1.165, 1.54) is 0 Å². The molecule has 0 bridgehead atoms. The fourth-order valence-corrected chi connectivity index (χ4v) is 1.13. The summed E-state index contributed by atoms with van der Waals surface area (Å²) in [7, 11) is 1.86. The monoisotopic (exact) mass is 171 g/mol. The lowest BCUT2D eigenvalue weighted by Crippen LogP contribution is -2.03. The molecular weight excluding hydrogens is 157 g/mol. The molecule has 0 aliphatic carbocycles. The molecule has 1 heterocycles. The number of rotatable bonds is 4. The average Bonchev–Trinajstić information content (AvgIpc) is 2.42. The molecule has 0 saturated heterocycles. The quantitative estimate of drug-likeness (QED) is 0.741. The molecule has 0 aliphatic heterocycles. The van der Waals surface area contributed by atoms with Crippen molar-refractivity contribution < 1.29 is 4.39 Å². The minimum atomic E-state index is -0.349. The maximum atomic E-state index is 11.8. The number of nitrogens with zero attached hydrogens (tertiary/aromatic N) is 2. The summed E-state index contributed by atoms with van der Waals surface area (Å²) in [6, 6.07) is 0. The highest BCUT2D eigenvalue weighted by Crippen LogP contribution is 2.12. The van der Waals surface area contributed by atoms with Gasteiger partial charge in [0.2, 0.25) is 0 Å². The van der Waals surface area contributed by atoms with Crippen LogP contribution < -0.4 is 5.32 Å². The molecule has 0 saturated carbocycles. The number of alkyl halides is 1. The Bertz CT molecular complexity index is 244. The van der Waals surface area contributed by atoms with Gasteiger partial charge in [0.1, 0.15) is 6.67 Å². The van der Waals surface area contributed by atoms with Gasteiger partial charge in [-0.25, -0.2) is 4.39 Å². The van der Waals surface area contributed by atoms with Gasteiger partial charge >= 0.3 is 0 Å². The zero-order valence-electron chi connectivity index (χ0n) is 7.47. The number of anilines is 1. The zero-order valence-corrected chi connectivity index (χ0v) is 7.47. The summed E-state index contributed by atoms with van der Waals surface area (Å²) in [4.78, 5) is 0. The minimum Gasteiger partial charge on any atom is -0.380 e. The van der Waals surface area contributed by atoms with E-state index in [0.717, 1.165) is 17.8 Å². The van der Waals surface area contributed by atoms with E-state index in [1.54, 1.807) is 4.68 Å². The number of nitrogens with one attached hydrogen (secondary N) is 1. The summed E-state index contributed by atoms with van der Waals surface area (Å²) in [5.74, 6) is 0. The van der Waals surface area contributed by atoms with Crippen LogP contribution >= 0.6 is 0 Å². The van der Waals surface area contributed by atoms with Crippen LogP contribution in [0.4, 0.5) is 10.1 Å². The second-order valence-electron chi connectivity index (χ2n) is 2.63. The Labute approximate surface area is 71.6 Å². The Morgan fingerprint density at radius 1 is 1.67 bits per heavy atom. The third kappa shape index (κ3) is 1.96. The largest absolute Gasteiger partial charge is 0.380 e. The normalized spacial score (nSPS) is 10.2. The highest BCUT2D eigenvalue weighted by Gasteiger charge is 2.03. The Hall–Kier alpha value is -1.06. The van der Waals surface area contributed by atoms with Crippen LogP contribution in [0.3, 0.4) is 0 Å². The van der Waals surface area contributed by atoms with E-state index in [2.05, 4.69) is 10.4 Å². The topological polar surface area (TPSA) is 29.9 Å². The molecule has 1 rings (SSSR count). The molecule has 0 amide bonds. The SMILES string of the molecule is CCc1nn(C)cc1NCCF. The van der Waals surface area contributed by atoms with Crippen LogP contribution in [-0.4, -0.2) is 23.0 Å². The number of hydrogen-bond donors (Lipinski definition) is 1. The predicted octanol–water partition coefficient (Wildman–Crippen LogP) is 1.36. The molecule has 4 heteroatoms. The van der Waals surface area contributed by atoms with E-state index in [9.17, 15) is 4.39 Å². The van der Waals surface area contributed by atoms with E-state index in [0.29, 0.717) is 6.54 Å². The molecule has 12 heavy (non-hydrogen) atoms. The van der Waals surface area contributed by atoms with Crippen LogP contribution in [0, 0.1) is 0 Å². The fraction of sp³-hybridized carbons (Fsp3) is 0.625. The van der Waals surface area contributed by atoms with Gasteiger partial charge in [-0.1, -0.05) is 6.92 Å². The lowest BCUT2D eigenvalue weighted by molar-refractivity contribution is 0.512. The van der Waals surface area contributed by atoms with Gasteiger partial charge in [0.05, 0.1) is 11.4 Å². The van der Waals surface area contributed by atoms with Crippen molar-refractivity contribution in [2.24, 2.45) is 7.05 Å². The van der Waals surface area contributed by atoms with Crippen molar-refractivity contribution in [1.29, 1.82) is 0 Å². The average molecular weight is 171 g/mol. The number of hydrogen-bond acceptors (Lipinski definition) is 2. The molecule has 0 spiro atoms. The van der Waals surface area contributed by atoms with Crippen molar-refractivity contribution in [2.75, 3.05) is 18.5 Å². The second-order valence-corrected chi connectivity index (χ2v) is 2.63. The van der Waals surface area contributed by atoms with Crippen molar-refractivity contribution in [3.05, 3.63) is 11.9 Å². The third-order valence-corrected chi connectivity index (χ3v) is 1.65. The summed E-state index contributed by atoms with van der Waals surface area (Å²) < 4.78 is 13.6. The molecular formula is C8H14FN3. The standard InChI is InChI=1S/C8H14FN3/c1-3-7-8(10-5-4-9)6-12(2)11-7/h6,10H,3-5H2,1-2H3. The highest BCUT2D eigenvalue weighted by molar-refractivity contribution is 5.46. The van der Waals surface area contributed by atoms with Gasteiger partial charge in [-0.2, -0.15) is 5.10 Å². The van der Waals surface area contributed by atoms with Crippen molar-refractivity contribution in [3.63, 3.8) is 0 Å². The molecule has 0 radical (unpaired) electrons. The summed E-state index contributed by atoms with van der Waals surface area (Å²) >= 11 is 0. The fourth-order valence-electron chi connectivity index (χ4n) is 1.13. The van der Waals surface area contributed by atoms with Crippen LogP contribution in [0.1, 0.15) is 12.6 Å². The molecule has 0 aromatic carbocycles. The van der Waals surface area contributed by atoms with Crippen LogP contribution in [0.5, 0.6) is 0 Å². The number of halogens is 1. The van der Waals surface area contributed by atoms with Crippen molar-refractivity contribution in [1.82, 2.24) is 9.78 Å². The minimum absolute atomic E-state index is 0.349. The molecule has 3 nitrogen and oxygen atoms in total. The van der Waals surface area contributed by atoms with Crippen LogP contribution in [0.15, 0.2) is 6.20 Å². The van der Waals surface area contributed by atoms with Crippen LogP contribution in [0.2, 0.25) is 0 Å². The van der Waals surface area contributed by atoms with E-state index >= 15 is 0 Å². The summed E-state index contributed by atoms with van der Waals surface area (Å²) in [6.45, 7) is 2.04. The molecule has 1 N–H and O–H groups in total. The molecule has 68 valence electrons. The Balaban J connectivity index is 2.68. The van der Waals surface area contributed by atoms with Crippen LogP contribution in [0.25, 0.3) is 0 Å². The first-order valence-electron chi connectivity index (χ1n) is 4.10. The Kier molecular flexibility index (Phi) is 3.08. The lowest BCUT2D eigenvalue weighted by atomic mass is 10.3.